The van der Waals surface area contributed by atoms with Crippen molar-refractivity contribution in [3.63, 3.8) is 0 Å². The van der Waals surface area contributed by atoms with Crippen molar-refractivity contribution in [3.8, 4) is 0 Å². The van der Waals surface area contributed by atoms with Gasteiger partial charge in [0.05, 0.1) is 0 Å². The predicted molar refractivity (Wildman–Crippen MR) is 79.6 cm³/mol. The van der Waals surface area contributed by atoms with Gasteiger partial charge in [-0.1, -0.05) is 37.3 Å². The van der Waals surface area contributed by atoms with Gasteiger partial charge in [0.25, 0.3) is 0 Å². The second-order valence-corrected chi connectivity index (χ2v) is 4.77. The molecule has 0 spiro atoms. The van der Waals surface area contributed by atoms with E-state index in [9.17, 15) is 9.59 Å². The van der Waals surface area contributed by atoms with Crippen LogP contribution in [-0.2, 0) is 4.79 Å². The molecule has 0 saturated carbocycles. The summed E-state index contributed by atoms with van der Waals surface area (Å²) in [6.45, 7) is 5.10. The van der Waals surface area contributed by atoms with Gasteiger partial charge in [0.1, 0.15) is 0 Å². The third kappa shape index (κ3) is 6.78. The lowest BCUT2D eigenvalue weighted by molar-refractivity contribution is -0.118. The minimum absolute atomic E-state index is 0.0936. The zero-order valence-corrected chi connectivity index (χ0v) is 12.1. The van der Waals surface area contributed by atoms with E-state index >= 15 is 0 Å². The average molecular weight is 277 g/mol. The van der Waals surface area contributed by atoms with Crippen LogP contribution < -0.4 is 16.0 Å². The highest BCUT2D eigenvalue weighted by Gasteiger charge is 2.05. The summed E-state index contributed by atoms with van der Waals surface area (Å²) < 4.78 is 0. The molecule has 1 rings (SSSR count). The summed E-state index contributed by atoms with van der Waals surface area (Å²) in [7, 11) is 0. The molecule has 0 aromatic heterocycles. The third-order valence-corrected chi connectivity index (χ3v) is 3.02. The molecule has 0 saturated heterocycles. The lowest BCUT2D eigenvalue weighted by atomic mass is 9.98. The van der Waals surface area contributed by atoms with Gasteiger partial charge in [-0.05, 0) is 17.9 Å². The maximum atomic E-state index is 11.5. The Morgan fingerprint density at radius 3 is 2.25 bits per heavy atom. The van der Waals surface area contributed by atoms with E-state index in [2.05, 4.69) is 35.0 Å². The molecular formula is C15H23N3O2. The molecule has 110 valence electrons. The van der Waals surface area contributed by atoms with Gasteiger partial charge in [0, 0.05) is 26.6 Å². The van der Waals surface area contributed by atoms with Gasteiger partial charge in [-0.25, -0.2) is 4.79 Å². The quantitative estimate of drug-likeness (QED) is 0.663. The number of carbonyl (C=O) groups is 2. The largest absolute Gasteiger partial charge is 0.355 e. The second kappa shape index (κ2) is 8.96. The minimum atomic E-state index is -0.199. The monoisotopic (exact) mass is 277 g/mol. The minimum Gasteiger partial charge on any atom is -0.355 e. The Hall–Kier alpha value is -2.04. The molecule has 0 bridgehead atoms. The van der Waals surface area contributed by atoms with E-state index < -0.39 is 0 Å². The second-order valence-electron chi connectivity index (χ2n) is 4.77. The van der Waals surface area contributed by atoms with Crippen molar-refractivity contribution in [2.75, 3.05) is 19.6 Å². The van der Waals surface area contributed by atoms with E-state index in [-0.39, 0.29) is 11.9 Å². The smallest absolute Gasteiger partial charge is 0.314 e. The molecule has 1 atom stereocenters. The Balaban J connectivity index is 2.11. The molecule has 3 amide bonds. The van der Waals surface area contributed by atoms with E-state index in [1.54, 1.807) is 0 Å². The Labute approximate surface area is 120 Å². The van der Waals surface area contributed by atoms with Gasteiger partial charge in [-0.15, -0.1) is 0 Å². The van der Waals surface area contributed by atoms with Crippen LogP contribution in [0.15, 0.2) is 30.3 Å². The Morgan fingerprint density at radius 2 is 1.60 bits per heavy atom. The molecule has 0 aliphatic carbocycles. The van der Waals surface area contributed by atoms with Crippen LogP contribution in [0.1, 0.15) is 31.7 Å². The first-order valence-electron chi connectivity index (χ1n) is 6.90. The number of hydrogen-bond donors (Lipinski definition) is 3. The highest BCUT2D eigenvalue weighted by atomic mass is 16.2. The zero-order valence-electron chi connectivity index (χ0n) is 12.1. The van der Waals surface area contributed by atoms with Gasteiger partial charge in [-0.2, -0.15) is 0 Å². The van der Waals surface area contributed by atoms with Crippen molar-refractivity contribution in [2.24, 2.45) is 0 Å². The van der Waals surface area contributed by atoms with Gasteiger partial charge < -0.3 is 16.0 Å². The van der Waals surface area contributed by atoms with Crippen LogP contribution in [0.25, 0.3) is 0 Å². The third-order valence-electron chi connectivity index (χ3n) is 3.02. The van der Waals surface area contributed by atoms with Gasteiger partial charge in [0.15, 0.2) is 0 Å². The van der Waals surface area contributed by atoms with Crippen LogP contribution >= 0.6 is 0 Å². The van der Waals surface area contributed by atoms with E-state index in [4.69, 9.17) is 0 Å². The highest BCUT2D eigenvalue weighted by molar-refractivity contribution is 5.74. The summed E-state index contributed by atoms with van der Waals surface area (Å²) in [5, 5.41) is 8.11. The number of rotatable bonds is 7. The fourth-order valence-corrected chi connectivity index (χ4v) is 1.83. The molecule has 0 aliphatic rings. The molecule has 5 nitrogen and oxygen atoms in total. The topological polar surface area (TPSA) is 70.2 Å². The summed E-state index contributed by atoms with van der Waals surface area (Å²) in [4.78, 5) is 22.1. The molecule has 1 aromatic rings. The lowest BCUT2D eigenvalue weighted by Crippen LogP contribution is -2.40. The number of nitrogens with one attached hydrogen (secondary N) is 3. The van der Waals surface area contributed by atoms with Crippen LogP contribution in [0.3, 0.4) is 0 Å². The molecule has 3 N–H and O–H groups in total. The van der Waals surface area contributed by atoms with Crippen molar-refractivity contribution in [1.29, 1.82) is 0 Å². The molecule has 5 heteroatoms. The molecule has 1 aromatic carbocycles. The number of carbonyl (C=O) groups excluding carboxylic acids is 2. The molecule has 20 heavy (non-hydrogen) atoms. The highest BCUT2D eigenvalue weighted by Crippen LogP contribution is 2.17. The van der Waals surface area contributed by atoms with Crippen LogP contribution in [0.4, 0.5) is 4.79 Å². The van der Waals surface area contributed by atoms with Crippen LogP contribution in [0.2, 0.25) is 0 Å². The van der Waals surface area contributed by atoms with E-state index in [0.717, 1.165) is 6.42 Å². The van der Waals surface area contributed by atoms with Crippen molar-refractivity contribution in [3.05, 3.63) is 35.9 Å². The van der Waals surface area contributed by atoms with Gasteiger partial charge >= 0.3 is 6.03 Å². The SMILES string of the molecule is CC(=O)NCCNC(=O)NCC[C@@H](C)c1ccccc1. The first-order chi connectivity index (χ1) is 9.59. The Kier molecular flexibility index (Phi) is 7.17. The van der Waals surface area contributed by atoms with Crippen molar-refractivity contribution >= 4 is 11.9 Å². The fraction of sp³-hybridized carbons (Fsp3) is 0.467. The number of urea groups is 1. The lowest BCUT2D eigenvalue weighted by Gasteiger charge is -2.13. The molecule has 0 fully saturated rings. The first-order valence-corrected chi connectivity index (χ1v) is 6.90. The Bertz CT molecular complexity index is 420. The molecule has 0 unspecified atom stereocenters. The van der Waals surface area contributed by atoms with Crippen LogP contribution in [0.5, 0.6) is 0 Å². The van der Waals surface area contributed by atoms with E-state index in [0.29, 0.717) is 25.6 Å². The summed E-state index contributed by atoms with van der Waals surface area (Å²) >= 11 is 0. The number of hydrogen-bond acceptors (Lipinski definition) is 2. The summed E-state index contributed by atoms with van der Waals surface area (Å²) in [6.07, 6.45) is 0.892. The van der Waals surface area contributed by atoms with Gasteiger partial charge in [0.2, 0.25) is 5.91 Å². The zero-order chi connectivity index (χ0) is 14.8. The van der Waals surface area contributed by atoms with E-state index in [1.807, 2.05) is 18.2 Å². The summed E-state index contributed by atoms with van der Waals surface area (Å²) in [5.41, 5.74) is 1.28. The summed E-state index contributed by atoms with van der Waals surface area (Å²) in [5.74, 6) is 0.319. The normalized spacial score (nSPS) is 11.5. The number of benzene rings is 1. The molecular weight excluding hydrogens is 254 g/mol. The average Bonchev–Trinajstić information content (AvgIpc) is 2.44. The summed E-state index contributed by atoms with van der Waals surface area (Å²) in [6, 6.07) is 10.0. The van der Waals surface area contributed by atoms with Gasteiger partial charge in [-0.3, -0.25) is 4.79 Å². The Morgan fingerprint density at radius 1 is 1.00 bits per heavy atom. The fourth-order valence-electron chi connectivity index (χ4n) is 1.83. The maximum Gasteiger partial charge on any atom is 0.314 e. The van der Waals surface area contributed by atoms with Crippen molar-refractivity contribution in [2.45, 2.75) is 26.2 Å². The first kappa shape index (κ1) is 16.0. The number of amides is 3. The van der Waals surface area contributed by atoms with Crippen molar-refractivity contribution < 1.29 is 9.59 Å². The van der Waals surface area contributed by atoms with Crippen LogP contribution in [0, 0.1) is 0 Å². The molecule has 0 radical (unpaired) electrons. The molecule has 0 aliphatic heterocycles. The van der Waals surface area contributed by atoms with Crippen LogP contribution in [-0.4, -0.2) is 31.6 Å². The molecule has 0 heterocycles. The van der Waals surface area contributed by atoms with E-state index in [1.165, 1.54) is 12.5 Å². The maximum absolute atomic E-state index is 11.5. The van der Waals surface area contributed by atoms with Crippen molar-refractivity contribution in [1.82, 2.24) is 16.0 Å². The standard InChI is InChI=1S/C15H23N3O2/c1-12(14-6-4-3-5-7-14)8-9-17-15(20)18-11-10-16-13(2)19/h3-7,12H,8-11H2,1-2H3,(H,16,19)(H2,17,18,20)/t12-/m1/s1. The predicted octanol–water partition coefficient (Wildman–Crippen LogP) is 1.62.